The summed E-state index contributed by atoms with van der Waals surface area (Å²) in [5.41, 5.74) is 1.07. The number of aryl methyl sites for hydroxylation is 1. The van der Waals surface area contributed by atoms with Crippen LogP contribution in [0, 0.1) is 12.8 Å². The van der Waals surface area contributed by atoms with E-state index in [9.17, 15) is 4.79 Å². The summed E-state index contributed by atoms with van der Waals surface area (Å²) in [6.07, 6.45) is 1.69. The molecule has 3 unspecified atom stereocenters. The SMILES string of the molecule is Cc1noc(C23CC(NC(=O)COc4ccccc4)CC2CN(Cc2ccccc2)C3)n1. The van der Waals surface area contributed by atoms with Crippen molar-refractivity contribution in [3.05, 3.63) is 77.9 Å². The van der Waals surface area contributed by atoms with Gasteiger partial charge in [-0.05, 0) is 43.4 Å². The van der Waals surface area contributed by atoms with E-state index in [1.54, 1.807) is 0 Å². The van der Waals surface area contributed by atoms with Gasteiger partial charge in [0, 0.05) is 25.7 Å². The van der Waals surface area contributed by atoms with Crippen LogP contribution in [0.2, 0.25) is 0 Å². The third-order valence-corrected chi connectivity index (χ3v) is 6.63. The van der Waals surface area contributed by atoms with Crippen LogP contribution in [0.25, 0.3) is 0 Å². The van der Waals surface area contributed by atoms with Gasteiger partial charge in [-0.15, -0.1) is 0 Å². The monoisotopic (exact) mass is 432 g/mol. The van der Waals surface area contributed by atoms with E-state index >= 15 is 0 Å². The van der Waals surface area contributed by atoms with Crippen molar-refractivity contribution in [1.82, 2.24) is 20.4 Å². The van der Waals surface area contributed by atoms with Gasteiger partial charge < -0.3 is 14.6 Å². The first-order chi connectivity index (χ1) is 15.6. The lowest BCUT2D eigenvalue weighted by Crippen LogP contribution is -2.39. The maximum Gasteiger partial charge on any atom is 0.258 e. The number of carbonyl (C=O) groups excluding carboxylic acids is 1. The highest BCUT2D eigenvalue weighted by Gasteiger charge is 2.57. The van der Waals surface area contributed by atoms with Crippen LogP contribution >= 0.6 is 0 Å². The first kappa shape index (κ1) is 20.7. The van der Waals surface area contributed by atoms with E-state index < -0.39 is 0 Å². The summed E-state index contributed by atoms with van der Waals surface area (Å²) < 4.78 is 11.3. The molecule has 7 nitrogen and oxygen atoms in total. The molecule has 1 N–H and O–H groups in total. The second kappa shape index (κ2) is 8.74. The van der Waals surface area contributed by atoms with Crippen molar-refractivity contribution in [2.24, 2.45) is 5.92 Å². The Morgan fingerprint density at radius 1 is 1.19 bits per heavy atom. The maximum atomic E-state index is 12.5. The average Bonchev–Trinajstić information content (AvgIpc) is 3.46. The minimum Gasteiger partial charge on any atom is -0.484 e. The number of rotatable bonds is 7. The summed E-state index contributed by atoms with van der Waals surface area (Å²) in [5, 5.41) is 7.23. The number of aromatic nitrogens is 2. The van der Waals surface area contributed by atoms with Gasteiger partial charge in [0.2, 0.25) is 5.89 Å². The molecule has 2 heterocycles. The topological polar surface area (TPSA) is 80.5 Å². The van der Waals surface area contributed by atoms with Crippen molar-refractivity contribution in [2.45, 2.75) is 37.8 Å². The molecule has 1 aromatic heterocycles. The van der Waals surface area contributed by atoms with Crippen LogP contribution in [0.3, 0.4) is 0 Å². The molecule has 2 aliphatic rings. The van der Waals surface area contributed by atoms with Crippen LogP contribution in [-0.2, 0) is 16.8 Å². The molecule has 3 atom stereocenters. The number of benzene rings is 2. The molecule has 2 fully saturated rings. The van der Waals surface area contributed by atoms with E-state index in [2.05, 4.69) is 44.6 Å². The van der Waals surface area contributed by atoms with Crippen LogP contribution in [0.1, 0.15) is 30.1 Å². The Morgan fingerprint density at radius 2 is 1.94 bits per heavy atom. The first-order valence-corrected chi connectivity index (χ1v) is 11.1. The fraction of sp³-hybridized carbons (Fsp3) is 0.400. The highest BCUT2D eigenvalue weighted by atomic mass is 16.5. The Hall–Kier alpha value is -3.19. The number of ether oxygens (including phenoxy) is 1. The van der Waals surface area contributed by atoms with Crippen molar-refractivity contribution < 1.29 is 14.1 Å². The molecule has 1 aliphatic heterocycles. The van der Waals surface area contributed by atoms with E-state index in [0.717, 1.165) is 32.5 Å². The van der Waals surface area contributed by atoms with Crippen LogP contribution in [0.5, 0.6) is 5.75 Å². The molecule has 5 rings (SSSR count). The Morgan fingerprint density at radius 3 is 2.66 bits per heavy atom. The number of hydrogen-bond donors (Lipinski definition) is 1. The summed E-state index contributed by atoms with van der Waals surface area (Å²) in [6.45, 7) is 4.56. The second-order valence-corrected chi connectivity index (χ2v) is 8.96. The van der Waals surface area contributed by atoms with E-state index in [0.29, 0.717) is 23.4 Å². The van der Waals surface area contributed by atoms with Crippen LogP contribution < -0.4 is 10.1 Å². The van der Waals surface area contributed by atoms with Gasteiger partial charge in [-0.25, -0.2) is 0 Å². The lowest BCUT2D eigenvalue weighted by atomic mass is 9.80. The van der Waals surface area contributed by atoms with Crippen LogP contribution in [0.4, 0.5) is 0 Å². The highest BCUT2D eigenvalue weighted by molar-refractivity contribution is 5.78. The lowest BCUT2D eigenvalue weighted by molar-refractivity contribution is -0.123. The van der Waals surface area contributed by atoms with Gasteiger partial charge in [-0.2, -0.15) is 4.98 Å². The molecule has 2 aromatic carbocycles. The molecule has 1 aliphatic carbocycles. The molecule has 32 heavy (non-hydrogen) atoms. The zero-order valence-electron chi connectivity index (χ0n) is 18.2. The summed E-state index contributed by atoms with van der Waals surface area (Å²) in [5.74, 6) is 2.30. The van der Waals surface area contributed by atoms with E-state index in [4.69, 9.17) is 9.26 Å². The third-order valence-electron chi connectivity index (χ3n) is 6.63. The molecule has 7 heteroatoms. The number of hydrogen-bond acceptors (Lipinski definition) is 6. The molecule has 0 spiro atoms. The fourth-order valence-corrected chi connectivity index (χ4v) is 5.31. The van der Waals surface area contributed by atoms with Crippen molar-refractivity contribution in [2.75, 3.05) is 19.7 Å². The highest BCUT2D eigenvalue weighted by Crippen LogP contribution is 2.50. The molecule has 1 saturated carbocycles. The average molecular weight is 433 g/mol. The standard InChI is InChI=1S/C25H28N4O3/c1-18-26-24(32-28-18)25-13-21(27-23(30)16-31-22-10-6-3-7-11-22)12-20(25)15-29(17-25)14-19-8-4-2-5-9-19/h2-11,20-21H,12-17H2,1H3,(H,27,30). The Bertz CT molecular complexity index is 1060. The van der Waals surface area contributed by atoms with Crippen molar-refractivity contribution >= 4 is 5.91 Å². The Kier molecular flexibility index (Phi) is 5.66. The largest absolute Gasteiger partial charge is 0.484 e. The third kappa shape index (κ3) is 4.25. The van der Waals surface area contributed by atoms with E-state index in [1.807, 2.05) is 43.3 Å². The molecular formula is C25H28N4O3. The number of carbonyl (C=O) groups is 1. The lowest BCUT2D eigenvalue weighted by Gasteiger charge is -2.25. The van der Waals surface area contributed by atoms with Gasteiger partial charge in [0.25, 0.3) is 5.91 Å². The summed E-state index contributed by atoms with van der Waals surface area (Å²) in [6, 6.07) is 20.0. The summed E-state index contributed by atoms with van der Waals surface area (Å²) >= 11 is 0. The van der Waals surface area contributed by atoms with Crippen LogP contribution in [-0.4, -0.2) is 46.7 Å². The fourth-order valence-electron chi connectivity index (χ4n) is 5.31. The minimum absolute atomic E-state index is 0.0119. The van der Waals surface area contributed by atoms with Crippen molar-refractivity contribution in [1.29, 1.82) is 0 Å². The van der Waals surface area contributed by atoms with Gasteiger partial charge in [-0.3, -0.25) is 9.69 Å². The number of amides is 1. The molecule has 1 saturated heterocycles. The zero-order valence-corrected chi connectivity index (χ0v) is 18.2. The normalized spacial score (nSPS) is 24.9. The number of para-hydroxylation sites is 1. The molecule has 0 bridgehead atoms. The van der Waals surface area contributed by atoms with Crippen LogP contribution in [0.15, 0.2) is 65.2 Å². The Balaban J connectivity index is 1.26. The molecule has 0 radical (unpaired) electrons. The number of likely N-dealkylation sites (tertiary alicyclic amines) is 1. The van der Waals surface area contributed by atoms with Gasteiger partial charge in [0.1, 0.15) is 5.75 Å². The number of nitrogens with one attached hydrogen (secondary N) is 1. The second-order valence-electron chi connectivity index (χ2n) is 8.96. The quantitative estimate of drug-likeness (QED) is 0.618. The first-order valence-electron chi connectivity index (χ1n) is 11.1. The minimum atomic E-state index is -0.228. The maximum absolute atomic E-state index is 12.5. The predicted molar refractivity (Wildman–Crippen MR) is 119 cm³/mol. The number of nitrogens with zero attached hydrogens (tertiary/aromatic N) is 3. The van der Waals surface area contributed by atoms with Crippen molar-refractivity contribution in [3.63, 3.8) is 0 Å². The Labute approximate surface area is 187 Å². The van der Waals surface area contributed by atoms with E-state index in [1.165, 1.54) is 5.56 Å². The summed E-state index contributed by atoms with van der Waals surface area (Å²) in [4.78, 5) is 19.6. The number of fused-ring (bicyclic) bond motifs is 1. The predicted octanol–water partition coefficient (Wildman–Crippen LogP) is 3.11. The smallest absolute Gasteiger partial charge is 0.258 e. The van der Waals surface area contributed by atoms with Gasteiger partial charge in [-0.1, -0.05) is 53.7 Å². The molecular weight excluding hydrogens is 404 g/mol. The van der Waals surface area contributed by atoms with Gasteiger partial charge in [0.15, 0.2) is 12.4 Å². The van der Waals surface area contributed by atoms with E-state index in [-0.39, 0.29) is 24.0 Å². The molecule has 166 valence electrons. The van der Waals surface area contributed by atoms with Crippen molar-refractivity contribution in [3.8, 4) is 5.75 Å². The molecule has 3 aromatic rings. The van der Waals surface area contributed by atoms with Gasteiger partial charge >= 0.3 is 0 Å². The molecule has 1 amide bonds. The van der Waals surface area contributed by atoms with Gasteiger partial charge in [0.05, 0.1) is 5.41 Å². The summed E-state index contributed by atoms with van der Waals surface area (Å²) in [7, 11) is 0. The zero-order chi connectivity index (χ0) is 22.0.